The second kappa shape index (κ2) is 8.82. The Kier molecular flexibility index (Phi) is 8.54. The number of nitrogens with two attached hydrogens (primary N) is 1. The number of carbonyl (C=O) groups is 1. The summed E-state index contributed by atoms with van der Waals surface area (Å²) >= 11 is 0. The van der Waals surface area contributed by atoms with Crippen LogP contribution in [0.3, 0.4) is 0 Å². The first kappa shape index (κ1) is 21.3. The second-order valence-corrected chi connectivity index (χ2v) is 7.17. The molecule has 0 saturated carbocycles. The summed E-state index contributed by atoms with van der Waals surface area (Å²) < 4.78 is 11.1. The smallest absolute Gasteiger partial charge is 0.225 e. The molecular weight excluding hydrogens is 284 g/mol. The van der Waals surface area contributed by atoms with Gasteiger partial charge in [0.25, 0.3) is 0 Å². The van der Waals surface area contributed by atoms with Crippen LogP contribution in [0.1, 0.15) is 54.4 Å². The summed E-state index contributed by atoms with van der Waals surface area (Å²) in [5, 5.41) is 11.9. The van der Waals surface area contributed by atoms with Crippen molar-refractivity contribution in [1.82, 2.24) is 5.32 Å². The number of nitrogens with one attached hydrogen (secondary N) is 1. The molecule has 1 unspecified atom stereocenters. The van der Waals surface area contributed by atoms with Gasteiger partial charge in [0.1, 0.15) is 5.72 Å². The molecule has 132 valence electrons. The fraction of sp³-hybridized carbons (Fsp3) is 0.938. The highest BCUT2D eigenvalue weighted by Crippen LogP contribution is 2.21. The predicted molar refractivity (Wildman–Crippen MR) is 87.4 cm³/mol. The monoisotopic (exact) mass is 318 g/mol. The van der Waals surface area contributed by atoms with E-state index in [1.807, 2.05) is 27.7 Å². The first-order chi connectivity index (χ1) is 9.96. The number of aliphatic hydroxyl groups excluding tert-OH is 1. The highest BCUT2D eigenvalue weighted by Gasteiger charge is 2.28. The summed E-state index contributed by atoms with van der Waals surface area (Å²) in [6, 6.07) is 0. The molecule has 0 aromatic carbocycles. The first-order valence-electron chi connectivity index (χ1n) is 7.92. The van der Waals surface area contributed by atoms with E-state index in [-0.39, 0.29) is 12.5 Å². The Bertz CT molecular complexity index is 341. The fourth-order valence-corrected chi connectivity index (χ4v) is 1.53. The van der Waals surface area contributed by atoms with Gasteiger partial charge in [0.15, 0.2) is 0 Å². The van der Waals surface area contributed by atoms with Crippen LogP contribution in [0.25, 0.3) is 0 Å². The minimum Gasteiger partial charge on any atom is -0.393 e. The van der Waals surface area contributed by atoms with Crippen molar-refractivity contribution in [3.8, 4) is 0 Å². The maximum atomic E-state index is 12.2. The molecule has 6 nitrogen and oxygen atoms in total. The van der Waals surface area contributed by atoms with Gasteiger partial charge in [0, 0.05) is 18.6 Å². The molecular formula is C16H34N2O4. The summed E-state index contributed by atoms with van der Waals surface area (Å²) in [6.45, 7) is 12.3. The number of hydrogen-bond acceptors (Lipinski definition) is 5. The van der Waals surface area contributed by atoms with Gasteiger partial charge in [0.05, 0.1) is 18.8 Å². The molecule has 6 heteroatoms. The first-order valence-corrected chi connectivity index (χ1v) is 7.92. The zero-order valence-corrected chi connectivity index (χ0v) is 15.0. The molecule has 0 spiro atoms. The van der Waals surface area contributed by atoms with Gasteiger partial charge in [-0.3, -0.25) is 4.79 Å². The SMILES string of the molecule is CCC(C)(N)OCCC(C)(C)C(=O)NCCOC(C)(C)CO. The largest absolute Gasteiger partial charge is 0.393 e. The third-order valence-electron chi connectivity index (χ3n) is 3.74. The average molecular weight is 318 g/mol. The Labute approximate surface area is 134 Å². The van der Waals surface area contributed by atoms with Crippen LogP contribution in [0.5, 0.6) is 0 Å². The molecule has 0 fully saturated rings. The zero-order valence-electron chi connectivity index (χ0n) is 15.0. The van der Waals surface area contributed by atoms with Crippen molar-refractivity contribution < 1.29 is 19.4 Å². The van der Waals surface area contributed by atoms with Crippen LogP contribution in [0.4, 0.5) is 0 Å². The molecule has 0 aromatic heterocycles. The number of rotatable bonds is 11. The second-order valence-electron chi connectivity index (χ2n) is 7.17. The van der Waals surface area contributed by atoms with Crippen molar-refractivity contribution in [1.29, 1.82) is 0 Å². The number of hydrogen-bond donors (Lipinski definition) is 3. The highest BCUT2D eigenvalue weighted by atomic mass is 16.5. The van der Waals surface area contributed by atoms with Gasteiger partial charge in [-0.05, 0) is 33.6 Å². The summed E-state index contributed by atoms with van der Waals surface area (Å²) in [7, 11) is 0. The van der Waals surface area contributed by atoms with Crippen molar-refractivity contribution in [3.05, 3.63) is 0 Å². The van der Waals surface area contributed by atoms with Crippen LogP contribution in [0.2, 0.25) is 0 Å². The van der Waals surface area contributed by atoms with Gasteiger partial charge >= 0.3 is 0 Å². The van der Waals surface area contributed by atoms with E-state index in [2.05, 4.69) is 5.32 Å². The zero-order chi connectivity index (χ0) is 17.4. The summed E-state index contributed by atoms with van der Waals surface area (Å²) in [6.07, 6.45) is 1.31. The lowest BCUT2D eigenvalue weighted by atomic mass is 9.88. The molecule has 1 amide bonds. The van der Waals surface area contributed by atoms with E-state index < -0.39 is 16.7 Å². The number of ether oxygens (including phenoxy) is 2. The van der Waals surface area contributed by atoms with Crippen LogP contribution < -0.4 is 11.1 Å². The summed E-state index contributed by atoms with van der Waals surface area (Å²) in [5.74, 6) is -0.0447. The molecule has 1 atom stereocenters. The van der Waals surface area contributed by atoms with Gasteiger partial charge in [-0.15, -0.1) is 0 Å². The van der Waals surface area contributed by atoms with Crippen molar-refractivity contribution in [2.24, 2.45) is 11.1 Å². The molecule has 0 rings (SSSR count). The maximum Gasteiger partial charge on any atom is 0.225 e. The molecule has 0 bridgehead atoms. The van der Waals surface area contributed by atoms with Crippen LogP contribution in [-0.4, -0.2) is 48.7 Å². The fourth-order valence-electron chi connectivity index (χ4n) is 1.53. The lowest BCUT2D eigenvalue weighted by molar-refractivity contribution is -0.132. The van der Waals surface area contributed by atoms with Gasteiger partial charge < -0.3 is 25.6 Å². The lowest BCUT2D eigenvalue weighted by Gasteiger charge is -2.28. The van der Waals surface area contributed by atoms with Crippen LogP contribution in [-0.2, 0) is 14.3 Å². The van der Waals surface area contributed by atoms with Crippen molar-refractivity contribution in [2.75, 3.05) is 26.4 Å². The van der Waals surface area contributed by atoms with Crippen molar-refractivity contribution in [3.63, 3.8) is 0 Å². The Morgan fingerprint density at radius 1 is 1.14 bits per heavy atom. The molecule has 0 aliphatic rings. The van der Waals surface area contributed by atoms with E-state index in [1.54, 1.807) is 13.8 Å². The van der Waals surface area contributed by atoms with Gasteiger partial charge in [0.2, 0.25) is 5.91 Å². The Morgan fingerprint density at radius 2 is 1.73 bits per heavy atom. The van der Waals surface area contributed by atoms with Crippen LogP contribution in [0, 0.1) is 5.41 Å². The van der Waals surface area contributed by atoms with E-state index in [0.717, 1.165) is 6.42 Å². The standard InChI is InChI=1S/C16H34N2O4/c1-7-16(6,17)22-10-8-14(2,3)13(20)18-9-11-21-15(4,5)12-19/h19H,7-12,17H2,1-6H3,(H,18,20). The third kappa shape index (κ3) is 8.68. The van der Waals surface area contributed by atoms with Gasteiger partial charge in [-0.25, -0.2) is 0 Å². The van der Waals surface area contributed by atoms with Crippen molar-refractivity contribution >= 4 is 5.91 Å². The molecule has 0 radical (unpaired) electrons. The number of aliphatic hydroxyl groups is 1. The predicted octanol–water partition coefficient (Wildman–Crippen LogP) is 1.41. The molecule has 0 saturated heterocycles. The van der Waals surface area contributed by atoms with Crippen LogP contribution in [0.15, 0.2) is 0 Å². The van der Waals surface area contributed by atoms with E-state index in [0.29, 0.717) is 26.2 Å². The minimum atomic E-state index is -0.643. The minimum absolute atomic E-state index is 0.0447. The average Bonchev–Trinajstić information content (AvgIpc) is 2.43. The van der Waals surface area contributed by atoms with E-state index in [1.165, 1.54) is 0 Å². The molecule has 0 aliphatic heterocycles. The topological polar surface area (TPSA) is 93.8 Å². The highest BCUT2D eigenvalue weighted by molar-refractivity contribution is 5.81. The quantitative estimate of drug-likeness (QED) is 0.395. The Balaban J connectivity index is 4.07. The van der Waals surface area contributed by atoms with Gasteiger partial charge in [-0.1, -0.05) is 20.8 Å². The number of carbonyl (C=O) groups excluding carboxylic acids is 1. The van der Waals surface area contributed by atoms with E-state index in [4.69, 9.17) is 20.3 Å². The molecule has 22 heavy (non-hydrogen) atoms. The molecule has 4 N–H and O–H groups in total. The summed E-state index contributed by atoms with van der Waals surface area (Å²) in [5.41, 5.74) is 4.16. The molecule has 0 heterocycles. The lowest BCUT2D eigenvalue weighted by Crippen LogP contribution is -2.42. The Morgan fingerprint density at radius 3 is 2.23 bits per heavy atom. The maximum absolute atomic E-state index is 12.2. The van der Waals surface area contributed by atoms with Crippen LogP contribution >= 0.6 is 0 Å². The normalized spacial score (nSPS) is 15.5. The molecule has 0 aliphatic carbocycles. The number of amides is 1. The Hall–Kier alpha value is -0.690. The van der Waals surface area contributed by atoms with Gasteiger partial charge in [-0.2, -0.15) is 0 Å². The van der Waals surface area contributed by atoms with Crippen molar-refractivity contribution in [2.45, 2.75) is 65.7 Å². The summed E-state index contributed by atoms with van der Waals surface area (Å²) in [4.78, 5) is 12.2. The van der Waals surface area contributed by atoms with E-state index in [9.17, 15) is 4.79 Å². The third-order valence-corrected chi connectivity index (χ3v) is 3.74. The molecule has 0 aromatic rings. The van der Waals surface area contributed by atoms with E-state index >= 15 is 0 Å².